The lowest BCUT2D eigenvalue weighted by atomic mass is 10.4. The molecule has 0 radical (unpaired) electrons. The van der Waals surface area contributed by atoms with E-state index in [1.54, 1.807) is 24.0 Å². The molecule has 2 aromatic rings. The number of hydrogen-bond donors (Lipinski definition) is 2. The van der Waals surface area contributed by atoms with Crippen LogP contribution in [-0.2, 0) is 20.6 Å². The maximum Gasteiger partial charge on any atom is 0.267 e. The molecule has 2 rings (SSSR count). The highest BCUT2D eigenvalue weighted by Crippen LogP contribution is 2.09. The van der Waals surface area contributed by atoms with Gasteiger partial charge in [-0.25, -0.2) is 0 Å². The van der Waals surface area contributed by atoms with Gasteiger partial charge in [-0.05, 0) is 6.07 Å². The van der Waals surface area contributed by atoms with Gasteiger partial charge in [0, 0.05) is 26.4 Å². The maximum atomic E-state index is 11.0. The standard InChI is InChI=1S/C10H14N6O.ClH/c1-15-7(3-4-13-15)6-12-9-5-8(10(11)17)16(2)14-9;/h3-5H,6H2,1-2H3,(H2,11,17)(H,12,14);1H. The van der Waals surface area contributed by atoms with Crippen LogP contribution >= 0.6 is 12.4 Å². The molecule has 0 unspecified atom stereocenters. The van der Waals surface area contributed by atoms with Gasteiger partial charge in [0.05, 0.1) is 12.2 Å². The van der Waals surface area contributed by atoms with Crippen LogP contribution in [0.3, 0.4) is 0 Å². The Labute approximate surface area is 110 Å². The first kappa shape index (κ1) is 14.0. The van der Waals surface area contributed by atoms with Crippen LogP contribution in [0.1, 0.15) is 16.2 Å². The summed E-state index contributed by atoms with van der Waals surface area (Å²) in [6.07, 6.45) is 1.73. The number of halogens is 1. The van der Waals surface area contributed by atoms with Crippen molar-refractivity contribution in [2.45, 2.75) is 6.54 Å². The number of aromatic nitrogens is 4. The zero-order chi connectivity index (χ0) is 12.4. The van der Waals surface area contributed by atoms with Crippen LogP contribution in [0.4, 0.5) is 5.82 Å². The number of nitrogens with two attached hydrogens (primary N) is 1. The second-order valence-electron chi connectivity index (χ2n) is 3.70. The van der Waals surface area contributed by atoms with Crippen molar-refractivity contribution in [2.24, 2.45) is 19.8 Å². The van der Waals surface area contributed by atoms with Crippen LogP contribution in [0.2, 0.25) is 0 Å². The molecule has 18 heavy (non-hydrogen) atoms. The van der Waals surface area contributed by atoms with Gasteiger partial charge in [0.2, 0.25) is 0 Å². The molecule has 0 bridgehead atoms. The highest BCUT2D eigenvalue weighted by Gasteiger charge is 2.09. The van der Waals surface area contributed by atoms with Crippen molar-refractivity contribution < 1.29 is 4.79 Å². The van der Waals surface area contributed by atoms with Gasteiger partial charge < -0.3 is 11.1 Å². The van der Waals surface area contributed by atoms with Crippen molar-refractivity contribution in [3.05, 3.63) is 29.7 Å². The number of carbonyl (C=O) groups excluding carboxylic acids is 1. The fourth-order valence-electron chi connectivity index (χ4n) is 1.54. The minimum Gasteiger partial charge on any atom is -0.364 e. The van der Waals surface area contributed by atoms with Gasteiger partial charge in [-0.15, -0.1) is 12.4 Å². The van der Waals surface area contributed by atoms with E-state index in [2.05, 4.69) is 15.5 Å². The zero-order valence-electron chi connectivity index (χ0n) is 10.1. The van der Waals surface area contributed by atoms with E-state index in [1.807, 2.05) is 13.1 Å². The predicted molar refractivity (Wildman–Crippen MR) is 69.5 cm³/mol. The largest absolute Gasteiger partial charge is 0.364 e. The monoisotopic (exact) mass is 270 g/mol. The number of anilines is 1. The SMILES string of the molecule is Cl.Cn1nccc1CNc1cc(C(N)=O)n(C)n1. The minimum absolute atomic E-state index is 0. The van der Waals surface area contributed by atoms with Crippen molar-refractivity contribution in [3.8, 4) is 0 Å². The molecular weight excluding hydrogens is 256 g/mol. The smallest absolute Gasteiger partial charge is 0.267 e. The van der Waals surface area contributed by atoms with E-state index in [4.69, 9.17) is 5.73 Å². The first-order valence-corrected chi connectivity index (χ1v) is 5.12. The number of hydrogen-bond acceptors (Lipinski definition) is 4. The minimum atomic E-state index is -0.492. The Hall–Kier alpha value is -2.02. The molecule has 2 heterocycles. The molecule has 3 N–H and O–H groups in total. The summed E-state index contributed by atoms with van der Waals surface area (Å²) in [6, 6.07) is 3.53. The van der Waals surface area contributed by atoms with E-state index >= 15 is 0 Å². The van der Waals surface area contributed by atoms with Crippen LogP contribution in [0.25, 0.3) is 0 Å². The molecule has 0 fully saturated rings. The van der Waals surface area contributed by atoms with Crippen LogP contribution in [-0.4, -0.2) is 25.5 Å². The second kappa shape index (κ2) is 5.54. The molecule has 98 valence electrons. The van der Waals surface area contributed by atoms with Crippen molar-refractivity contribution in [2.75, 3.05) is 5.32 Å². The van der Waals surface area contributed by atoms with Gasteiger partial charge in [-0.1, -0.05) is 0 Å². The number of nitrogens with one attached hydrogen (secondary N) is 1. The van der Waals surface area contributed by atoms with Gasteiger partial charge in [0.1, 0.15) is 11.5 Å². The summed E-state index contributed by atoms with van der Waals surface area (Å²) in [7, 11) is 3.54. The average molecular weight is 271 g/mol. The molecule has 0 aliphatic carbocycles. The highest BCUT2D eigenvalue weighted by molar-refractivity contribution is 5.91. The molecule has 0 saturated heterocycles. The molecule has 0 aliphatic heterocycles. The van der Waals surface area contributed by atoms with Crippen molar-refractivity contribution in [1.29, 1.82) is 0 Å². The van der Waals surface area contributed by atoms with E-state index < -0.39 is 5.91 Å². The Bertz CT molecular complexity index is 546. The lowest BCUT2D eigenvalue weighted by Crippen LogP contribution is -2.15. The summed E-state index contributed by atoms with van der Waals surface area (Å²) >= 11 is 0. The molecule has 0 spiro atoms. The highest BCUT2D eigenvalue weighted by atomic mass is 35.5. The number of carbonyl (C=O) groups is 1. The first-order chi connectivity index (χ1) is 8.08. The van der Waals surface area contributed by atoms with E-state index in [9.17, 15) is 4.79 Å². The summed E-state index contributed by atoms with van der Waals surface area (Å²) < 4.78 is 3.22. The van der Waals surface area contributed by atoms with E-state index in [1.165, 1.54) is 4.68 Å². The molecule has 2 aromatic heterocycles. The number of aryl methyl sites for hydroxylation is 2. The van der Waals surface area contributed by atoms with E-state index in [-0.39, 0.29) is 12.4 Å². The van der Waals surface area contributed by atoms with Crippen molar-refractivity contribution in [3.63, 3.8) is 0 Å². The van der Waals surface area contributed by atoms with Gasteiger partial charge in [0.25, 0.3) is 5.91 Å². The summed E-state index contributed by atoms with van der Waals surface area (Å²) in [6.45, 7) is 0.589. The Balaban J connectivity index is 0.00000162. The number of amides is 1. The Morgan fingerprint density at radius 2 is 2.17 bits per heavy atom. The maximum absolute atomic E-state index is 11.0. The topological polar surface area (TPSA) is 90.8 Å². The number of rotatable bonds is 4. The molecule has 1 amide bonds. The fourth-order valence-corrected chi connectivity index (χ4v) is 1.54. The summed E-state index contributed by atoms with van der Waals surface area (Å²) in [5, 5.41) is 11.3. The van der Waals surface area contributed by atoms with Crippen molar-refractivity contribution in [1.82, 2.24) is 19.6 Å². The second-order valence-corrected chi connectivity index (χ2v) is 3.70. The van der Waals surface area contributed by atoms with Gasteiger partial charge in [0.15, 0.2) is 0 Å². The van der Waals surface area contributed by atoms with Gasteiger partial charge in [-0.2, -0.15) is 10.2 Å². The van der Waals surface area contributed by atoms with Gasteiger partial charge >= 0.3 is 0 Å². The fraction of sp³-hybridized carbons (Fsp3) is 0.300. The summed E-state index contributed by atoms with van der Waals surface area (Å²) in [5.74, 6) is 0.121. The van der Waals surface area contributed by atoms with Crippen molar-refractivity contribution >= 4 is 24.1 Å². The molecule has 0 saturated carbocycles. The molecule has 0 atom stereocenters. The zero-order valence-corrected chi connectivity index (χ0v) is 10.9. The third kappa shape index (κ3) is 2.80. The quantitative estimate of drug-likeness (QED) is 0.835. The van der Waals surface area contributed by atoms with Gasteiger partial charge in [-0.3, -0.25) is 14.2 Å². The van der Waals surface area contributed by atoms with Crippen LogP contribution in [0, 0.1) is 0 Å². The third-order valence-electron chi connectivity index (χ3n) is 2.51. The molecule has 8 heteroatoms. The first-order valence-electron chi connectivity index (χ1n) is 5.12. The van der Waals surface area contributed by atoms with Crippen LogP contribution in [0.15, 0.2) is 18.3 Å². The molecule has 7 nitrogen and oxygen atoms in total. The normalized spacial score (nSPS) is 9.89. The Morgan fingerprint density at radius 3 is 2.67 bits per heavy atom. The molecule has 0 aromatic carbocycles. The Morgan fingerprint density at radius 1 is 1.44 bits per heavy atom. The summed E-state index contributed by atoms with van der Waals surface area (Å²) in [5.41, 5.74) is 6.60. The van der Waals surface area contributed by atoms with Crippen LogP contribution in [0.5, 0.6) is 0 Å². The van der Waals surface area contributed by atoms with E-state index in [0.29, 0.717) is 18.1 Å². The predicted octanol–water partition coefficient (Wildman–Crippen LogP) is 0.286. The van der Waals surface area contributed by atoms with Crippen LogP contribution < -0.4 is 11.1 Å². The van der Waals surface area contributed by atoms with E-state index in [0.717, 1.165) is 5.69 Å². The lowest BCUT2D eigenvalue weighted by Gasteiger charge is -2.02. The lowest BCUT2D eigenvalue weighted by molar-refractivity contribution is 0.0991. The molecule has 0 aliphatic rings. The average Bonchev–Trinajstić information content (AvgIpc) is 2.82. The number of primary amides is 1. The Kier molecular flexibility index (Phi) is 4.33. The molecular formula is C10H15ClN6O. The number of nitrogens with zero attached hydrogens (tertiary/aromatic N) is 4. The summed E-state index contributed by atoms with van der Waals surface area (Å²) in [4.78, 5) is 11.0. The third-order valence-corrected chi connectivity index (χ3v) is 2.51.